The van der Waals surface area contributed by atoms with Gasteiger partial charge in [0.2, 0.25) is 0 Å². The van der Waals surface area contributed by atoms with Crippen LogP contribution in [-0.4, -0.2) is 23.8 Å². The van der Waals surface area contributed by atoms with Crippen molar-refractivity contribution >= 4 is 16.7 Å². The van der Waals surface area contributed by atoms with Crippen molar-refractivity contribution in [2.45, 2.75) is 26.6 Å². The van der Waals surface area contributed by atoms with Gasteiger partial charge in [-0.2, -0.15) is 13.2 Å². The van der Waals surface area contributed by atoms with Crippen LogP contribution in [0.15, 0.2) is 40.9 Å². The summed E-state index contributed by atoms with van der Waals surface area (Å²) in [4.78, 5) is 12.3. The second-order valence-corrected chi connectivity index (χ2v) is 6.08. The molecule has 0 bridgehead atoms. The molecule has 3 aromatic rings. The molecule has 0 spiro atoms. The van der Waals surface area contributed by atoms with Gasteiger partial charge in [0.05, 0.1) is 16.8 Å². The maximum Gasteiger partial charge on any atom is 0.405 e. The maximum atomic E-state index is 12.4. The summed E-state index contributed by atoms with van der Waals surface area (Å²) in [5.74, 6) is -0.0865. The average molecular weight is 378 g/mol. The third kappa shape index (κ3) is 4.39. The summed E-state index contributed by atoms with van der Waals surface area (Å²) in [6.07, 6.45) is -4.50. The predicted molar refractivity (Wildman–Crippen MR) is 92.6 cm³/mol. The molecule has 1 aromatic heterocycles. The van der Waals surface area contributed by atoms with Crippen molar-refractivity contribution in [2.75, 3.05) is 6.54 Å². The fraction of sp³-hybridized carbons (Fsp3) is 0.263. The smallest absolute Gasteiger partial charge is 0.405 e. The summed E-state index contributed by atoms with van der Waals surface area (Å²) in [6.45, 7) is 2.16. The van der Waals surface area contributed by atoms with Crippen molar-refractivity contribution in [1.29, 1.82) is 0 Å². The van der Waals surface area contributed by atoms with Gasteiger partial charge in [-0.05, 0) is 36.8 Å². The zero-order valence-electron chi connectivity index (χ0n) is 14.7. The number of amides is 1. The molecule has 0 aliphatic heterocycles. The largest absolute Gasteiger partial charge is 0.488 e. The Hall–Kier alpha value is -3.03. The van der Waals surface area contributed by atoms with Crippen molar-refractivity contribution in [1.82, 2.24) is 10.5 Å². The minimum atomic E-state index is -4.50. The molecule has 0 saturated carbocycles. The molecule has 3 rings (SSSR count). The maximum absolute atomic E-state index is 12.4. The number of alkyl halides is 3. The number of carbonyl (C=O) groups excluding carboxylic acids is 1. The summed E-state index contributed by atoms with van der Waals surface area (Å²) >= 11 is 0. The monoisotopic (exact) mass is 378 g/mol. The first kappa shape index (κ1) is 18.8. The normalized spacial score (nSPS) is 11.6. The third-order valence-electron chi connectivity index (χ3n) is 4.10. The Kier molecular flexibility index (Phi) is 5.07. The second-order valence-electron chi connectivity index (χ2n) is 6.08. The molecule has 0 aliphatic carbocycles. The Morgan fingerprint density at radius 3 is 2.44 bits per heavy atom. The van der Waals surface area contributed by atoms with Crippen molar-refractivity contribution in [3.05, 3.63) is 59.0 Å². The van der Waals surface area contributed by atoms with Crippen LogP contribution >= 0.6 is 0 Å². The second kappa shape index (κ2) is 7.30. The fourth-order valence-electron chi connectivity index (χ4n) is 2.65. The lowest BCUT2D eigenvalue weighted by molar-refractivity contribution is -0.123. The lowest BCUT2D eigenvalue weighted by Crippen LogP contribution is -2.33. The van der Waals surface area contributed by atoms with Crippen molar-refractivity contribution in [3.63, 3.8) is 0 Å². The Labute approximate surface area is 153 Å². The summed E-state index contributed by atoms with van der Waals surface area (Å²) < 4.78 is 48.2. The van der Waals surface area contributed by atoms with Gasteiger partial charge in [-0.1, -0.05) is 29.4 Å². The van der Waals surface area contributed by atoms with E-state index in [1.165, 1.54) is 6.07 Å². The Morgan fingerprint density at radius 1 is 1.19 bits per heavy atom. The minimum Gasteiger partial charge on any atom is -0.488 e. The first-order chi connectivity index (χ1) is 12.7. The van der Waals surface area contributed by atoms with Gasteiger partial charge in [0.15, 0.2) is 0 Å². The molecule has 27 heavy (non-hydrogen) atoms. The van der Waals surface area contributed by atoms with E-state index in [2.05, 4.69) is 5.16 Å². The van der Waals surface area contributed by atoms with Crippen molar-refractivity contribution in [2.24, 2.45) is 0 Å². The topological polar surface area (TPSA) is 64.4 Å². The summed E-state index contributed by atoms with van der Waals surface area (Å²) in [6, 6.07) is 10.4. The molecule has 0 unspecified atom stereocenters. The SMILES string of the molecule is Cc1noc(C)c1COc1cc2ccccc2cc1C(=O)NCC(F)(F)F. The Balaban J connectivity index is 1.92. The van der Waals surface area contributed by atoms with Gasteiger partial charge in [-0.25, -0.2) is 0 Å². The number of hydrogen-bond donors (Lipinski definition) is 1. The predicted octanol–water partition coefficient (Wildman–Crippen LogP) is 4.32. The molecule has 0 atom stereocenters. The summed E-state index contributed by atoms with van der Waals surface area (Å²) in [7, 11) is 0. The molecule has 8 heteroatoms. The van der Waals surface area contributed by atoms with Gasteiger partial charge in [0.1, 0.15) is 24.7 Å². The molecule has 5 nitrogen and oxygen atoms in total. The zero-order chi connectivity index (χ0) is 19.6. The van der Waals surface area contributed by atoms with E-state index < -0.39 is 18.6 Å². The molecule has 0 saturated heterocycles. The van der Waals surface area contributed by atoms with Crippen LogP contribution in [0.25, 0.3) is 10.8 Å². The molecule has 2 aromatic carbocycles. The van der Waals surface area contributed by atoms with Crippen LogP contribution in [0.2, 0.25) is 0 Å². The highest BCUT2D eigenvalue weighted by Crippen LogP contribution is 2.28. The van der Waals surface area contributed by atoms with E-state index in [1.807, 2.05) is 17.4 Å². The molecule has 1 heterocycles. The molecule has 0 aliphatic rings. The molecule has 1 amide bonds. The molecule has 142 valence electrons. The number of hydrogen-bond acceptors (Lipinski definition) is 4. The van der Waals surface area contributed by atoms with Gasteiger partial charge in [0, 0.05) is 0 Å². The minimum absolute atomic E-state index is 0.0321. The molecular weight excluding hydrogens is 361 g/mol. The molecular formula is C19H17F3N2O3. The van der Waals surface area contributed by atoms with E-state index in [9.17, 15) is 18.0 Å². The van der Waals surface area contributed by atoms with E-state index in [-0.39, 0.29) is 17.9 Å². The van der Waals surface area contributed by atoms with Crippen LogP contribution < -0.4 is 10.1 Å². The van der Waals surface area contributed by atoms with Gasteiger partial charge >= 0.3 is 6.18 Å². The van der Waals surface area contributed by atoms with Crippen LogP contribution in [0.3, 0.4) is 0 Å². The van der Waals surface area contributed by atoms with Crippen molar-refractivity contribution < 1.29 is 27.2 Å². The van der Waals surface area contributed by atoms with E-state index in [0.717, 1.165) is 16.3 Å². The van der Waals surface area contributed by atoms with Crippen LogP contribution in [0.4, 0.5) is 13.2 Å². The Bertz CT molecular complexity index is 960. The average Bonchev–Trinajstić information content (AvgIpc) is 2.94. The number of aromatic nitrogens is 1. The molecule has 0 radical (unpaired) electrons. The summed E-state index contributed by atoms with van der Waals surface area (Å²) in [5, 5.41) is 7.24. The number of halogens is 3. The third-order valence-corrected chi connectivity index (χ3v) is 4.10. The number of nitrogens with one attached hydrogen (secondary N) is 1. The van der Waals surface area contributed by atoms with Gasteiger partial charge in [-0.3, -0.25) is 4.79 Å². The summed E-state index contributed by atoms with van der Waals surface area (Å²) in [5.41, 5.74) is 1.41. The van der Waals surface area contributed by atoms with Crippen LogP contribution in [0.1, 0.15) is 27.4 Å². The number of ether oxygens (including phenoxy) is 1. The molecule has 1 N–H and O–H groups in total. The Morgan fingerprint density at radius 2 is 1.85 bits per heavy atom. The van der Waals surface area contributed by atoms with Gasteiger partial charge in [-0.15, -0.1) is 0 Å². The van der Waals surface area contributed by atoms with Gasteiger partial charge in [0.25, 0.3) is 5.91 Å². The number of aryl methyl sites for hydroxylation is 2. The number of benzene rings is 2. The highest BCUT2D eigenvalue weighted by atomic mass is 19.4. The van der Waals surface area contributed by atoms with E-state index in [4.69, 9.17) is 9.26 Å². The van der Waals surface area contributed by atoms with E-state index >= 15 is 0 Å². The standard InChI is InChI=1S/C19H17F3N2O3/c1-11-16(12(2)27-24-11)9-26-17-8-14-6-4-3-5-13(14)7-15(17)18(25)23-10-19(20,21)22/h3-8H,9-10H2,1-2H3,(H,23,25). The zero-order valence-corrected chi connectivity index (χ0v) is 14.7. The van der Waals surface area contributed by atoms with Crippen LogP contribution in [0.5, 0.6) is 5.75 Å². The lowest BCUT2D eigenvalue weighted by Gasteiger charge is -2.14. The lowest BCUT2D eigenvalue weighted by atomic mass is 10.1. The van der Waals surface area contributed by atoms with Gasteiger partial charge < -0.3 is 14.6 Å². The number of rotatable bonds is 5. The van der Waals surface area contributed by atoms with Crippen molar-refractivity contribution in [3.8, 4) is 5.75 Å². The van der Waals surface area contributed by atoms with E-state index in [1.54, 1.807) is 32.0 Å². The first-order valence-corrected chi connectivity index (χ1v) is 8.17. The fourth-order valence-corrected chi connectivity index (χ4v) is 2.65. The number of carbonyl (C=O) groups is 1. The first-order valence-electron chi connectivity index (χ1n) is 8.17. The number of fused-ring (bicyclic) bond motifs is 1. The molecule has 0 fully saturated rings. The van der Waals surface area contributed by atoms with E-state index in [0.29, 0.717) is 11.5 Å². The highest BCUT2D eigenvalue weighted by Gasteiger charge is 2.28. The van der Waals surface area contributed by atoms with Crippen LogP contribution in [0, 0.1) is 13.8 Å². The number of nitrogens with zero attached hydrogens (tertiary/aromatic N) is 1. The highest BCUT2D eigenvalue weighted by molar-refractivity contribution is 6.01. The quantitative estimate of drug-likeness (QED) is 0.718. The van der Waals surface area contributed by atoms with Crippen LogP contribution in [-0.2, 0) is 6.61 Å².